The van der Waals surface area contributed by atoms with Crippen molar-refractivity contribution in [1.82, 2.24) is 5.32 Å². The van der Waals surface area contributed by atoms with Crippen molar-refractivity contribution in [2.45, 2.75) is 27.2 Å². The molecule has 0 fully saturated rings. The maximum absolute atomic E-state index is 6.34. The highest BCUT2D eigenvalue weighted by atomic mass is 35.5. The highest BCUT2D eigenvalue weighted by Crippen LogP contribution is 2.38. The van der Waals surface area contributed by atoms with Crippen LogP contribution in [0.2, 0.25) is 5.02 Å². The van der Waals surface area contributed by atoms with Crippen LogP contribution in [0, 0.1) is 5.92 Å². The molecule has 21 heavy (non-hydrogen) atoms. The van der Waals surface area contributed by atoms with Gasteiger partial charge in [0.2, 0.25) is 0 Å². The molecule has 0 radical (unpaired) electrons. The second-order valence-corrected chi connectivity index (χ2v) is 5.94. The Morgan fingerprint density at radius 1 is 1.33 bits per heavy atom. The lowest BCUT2D eigenvalue weighted by molar-refractivity contribution is 0.297. The second-order valence-electron chi connectivity index (χ2n) is 5.53. The zero-order valence-electron chi connectivity index (χ0n) is 13.0. The van der Waals surface area contributed by atoms with Gasteiger partial charge in [-0.1, -0.05) is 44.0 Å². The van der Waals surface area contributed by atoms with E-state index in [4.69, 9.17) is 21.1 Å². The summed E-state index contributed by atoms with van der Waals surface area (Å²) in [5, 5.41) is 4.00. The van der Waals surface area contributed by atoms with E-state index in [0.717, 1.165) is 30.8 Å². The molecule has 1 aliphatic rings. The molecule has 0 unspecified atom stereocenters. The molecule has 0 spiro atoms. The van der Waals surface area contributed by atoms with Crippen LogP contribution in [0.5, 0.6) is 11.5 Å². The number of hydrogen-bond acceptors (Lipinski definition) is 3. The highest BCUT2D eigenvalue weighted by molar-refractivity contribution is 6.32. The van der Waals surface area contributed by atoms with Crippen molar-refractivity contribution >= 4 is 17.7 Å². The standard InChI is InChI=1S/C17H24ClNO2/c1-4-19-11-14(12(2)3)8-13-9-15(18)17-16(10-13)20-6-5-7-21-17/h8-10,12,19H,4-7,11H2,1-3H3. The summed E-state index contributed by atoms with van der Waals surface area (Å²) in [6.07, 6.45) is 3.07. The van der Waals surface area contributed by atoms with E-state index < -0.39 is 0 Å². The molecule has 2 rings (SSSR count). The van der Waals surface area contributed by atoms with Crippen molar-refractivity contribution in [3.63, 3.8) is 0 Å². The molecular weight excluding hydrogens is 286 g/mol. The fraction of sp³-hybridized carbons (Fsp3) is 0.529. The van der Waals surface area contributed by atoms with Gasteiger partial charge < -0.3 is 14.8 Å². The van der Waals surface area contributed by atoms with Gasteiger partial charge in [-0.05, 0) is 30.2 Å². The zero-order valence-corrected chi connectivity index (χ0v) is 13.8. The minimum Gasteiger partial charge on any atom is -0.489 e. The first kappa shape index (κ1) is 16.2. The van der Waals surface area contributed by atoms with E-state index in [9.17, 15) is 0 Å². The normalized spacial score (nSPS) is 15.2. The summed E-state index contributed by atoms with van der Waals surface area (Å²) < 4.78 is 11.4. The molecule has 0 amide bonds. The van der Waals surface area contributed by atoms with Gasteiger partial charge >= 0.3 is 0 Å². The van der Waals surface area contributed by atoms with Crippen LogP contribution in [0.25, 0.3) is 6.08 Å². The van der Waals surface area contributed by atoms with Gasteiger partial charge in [0.15, 0.2) is 11.5 Å². The molecule has 1 aliphatic heterocycles. The van der Waals surface area contributed by atoms with Crippen LogP contribution in [0.15, 0.2) is 17.7 Å². The summed E-state index contributed by atoms with van der Waals surface area (Å²) >= 11 is 6.34. The van der Waals surface area contributed by atoms with Crippen LogP contribution in [-0.2, 0) is 0 Å². The van der Waals surface area contributed by atoms with Crippen LogP contribution in [0.3, 0.4) is 0 Å². The third-order valence-corrected chi connectivity index (χ3v) is 3.78. The molecule has 4 heteroatoms. The van der Waals surface area contributed by atoms with Crippen molar-refractivity contribution in [2.75, 3.05) is 26.3 Å². The fourth-order valence-electron chi connectivity index (χ4n) is 2.24. The van der Waals surface area contributed by atoms with E-state index in [-0.39, 0.29) is 0 Å². The van der Waals surface area contributed by atoms with Gasteiger partial charge in [0.25, 0.3) is 0 Å². The van der Waals surface area contributed by atoms with Crippen molar-refractivity contribution in [3.05, 3.63) is 28.3 Å². The van der Waals surface area contributed by atoms with Crippen molar-refractivity contribution < 1.29 is 9.47 Å². The molecule has 0 aromatic heterocycles. The highest BCUT2D eigenvalue weighted by Gasteiger charge is 2.15. The average molecular weight is 310 g/mol. The van der Waals surface area contributed by atoms with Crippen molar-refractivity contribution in [1.29, 1.82) is 0 Å². The second kappa shape index (κ2) is 7.71. The predicted octanol–water partition coefficient (Wildman–Crippen LogP) is 4.15. The number of ether oxygens (including phenoxy) is 2. The smallest absolute Gasteiger partial charge is 0.179 e. The third kappa shape index (κ3) is 4.39. The monoisotopic (exact) mass is 309 g/mol. The minimum absolute atomic E-state index is 0.485. The molecule has 0 atom stereocenters. The summed E-state index contributed by atoms with van der Waals surface area (Å²) in [6.45, 7) is 9.70. The Morgan fingerprint density at radius 2 is 2.10 bits per heavy atom. The van der Waals surface area contributed by atoms with Crippen molar-refractivity contribution in [3.8, 4) is 11.5 Å². The summed E-state index contributed by atoms with van der Waals surface area (Å²) in [5.74, 6) is 1.90. The molecule has 1 heterocycles. The molecule has 0 bridgehead atoms. The van der Waals surface area contributed by atoms with Crippen LogP contribution in [0.4, 0.5) is 0 Å². The van der Waals surface area contributed by atoms with Gasteiger partial charge in [0.05, 0.1) is 18.2 Å². The molecule has 0 saturated heterocycles. The van der Waals surface area contributed by atoms with E-state index in [1.54, 1.807) is 0 Å². The Morgan fingerprint density at radius 3 is 2.81 bits per heavy atom. The van der Waals surface area contributed by atoms with E-state index in [2.05, 4.69) is 32.2 Å². The Bertz CT molecular complexity index is 512. The third-order valence-electron chi connectivity index (χ3n) is 3.50. The molecule has 0 saturated carbocycles. The number of benzene rings is 1. The molecular formula is C17H24ClNO2. The number of hydrogen-bond donors (Lipinski definition) is 1. The number of rotatable bonds is 5. The summed E-state index contributed by atoms with van der Waals surface area (Å²) in [4.78, 5) is 0. The molecule has 1 aromatic rings. The molecule has 0 aliphatic carbocycles. The number of fused-ring (bicyclic) bond motifs is 1. The van der Waals surface area contributed by atoms with Gasteiger partial charge in [0.1, 0.15) is 0 Å². The zero-order chi connectivity index (χ0) is 15.2. The summed E-state index contributed by atoms with van der Waals surface area (Å²) in [7, 11) is 0. The van der Waals surface area contributed by atoms with E-state index in [1.807, 2.05) is 12.1 Å². The molecule has 1 N–H and O–H groups in total. The Hall–Kier alpha value is -1.19. The van der Waals surface area contributed by atoms with Gasteiger partial charge in [-0.3, -0.25) is 0 Å². The average Bonchev–Trinajstić information content (AvgIpc) is 2.68. The lowest BCUT2D eigenvalue weighted by atomic mass is 10.00. The first-order valence-corrected chi connectivity index (χ1v) is 8.00. The molecule has 116 valence electrons. The fourth-order valence-corrected chi connectivity index (χ4v) is 2.51. The van der Waals surface area contributed by atoms with Crippen LogP contribution in [0.1, 0.15) is 32.8 Å². The van der Waals surface area contributed by atoms with Crippen LogP contribution < -0.4 is 14.8 Å². The van der Waals surface area contributed by atoms with Crippen LogP contribution in [-0.4, -0.2) is 26.3 Å². The minimum atomic E-state index is 0.485. The quantitative estimate of drug-likeness (QED) is 0.886. The number of nitrogens with one attached hydrogen (secondary N) is 1. The predicted molar refractivity (Wildman–Crippen MR) is 88.4 cm³/mol. The Labute approximate surface area is 132 Å². The van der Waals surface area contributed by atoms with E-state index in [1.165, 1.54) is 5.57 Å². The Balaban J connectivity index is 2.30. The van der Waals surface area contributed by atoms with Gasteiger partial charge in [-0.25, -0.2) is 0 Å². The first-order chi connectivity index (χ1) is 10.1. The molecule has 1 aromatic carbocycles. The maximum atomic E-state index is 6.34. The van der Waals surface area contributed by atoms with Crippen molar-refractivity contribution in [2.24, 2.45) is 5.92 Å². The maximum Gasteiger partial charge on any atom is 0.179 e. The first-order valence-electron chi connectivity index (χ1n) is 7.62. The summed E-state index contributed by atoms with van der Waals surface area (Å²) in [5.41, 5.74) is 2.41. The topological polar surface area (TPSA) is 30.5 Å². The largest absolute Gasteiger partial charge is 0.489 e. The van der Waals surface area contributed by atoms with Gasteiger partial charge in [-0.2, -0.15) is 0 Å². The molecule has 3 nitrogen and oxygen atoms in total. The Kier molecular flexibility index (Phi) is 5.95. The lowest BCUT2D eigenvalue weighted by Gasteiger charge is -2.14. The summed E-state index contributed by atoms with van der Waals surface area (Å²) in [6, 6.07) is 3.96. The number of likely N-dealkylation sites (N-methyl/N-ethyl adjacent to an activating group) is 1. The van der Waals surface area contributed by atoms with E-state index in [0.29, 0.717) is 29.9 Å². The van der Waals surface area contributed by atoms with E-state index >= 15 is 0 Å². The van der Waals surface area contributed by atoms with Gasteiger partial charge in [0, 0.05) is 13.0 Å². The lowest BCUT2D eigenvalue weighted by Crippen LogP contribution is -2.18. The SMILES string of the molecule is CCNCC(=Cc1cc(Cl)c2c(c1)OCCCO2)C(C)C. The van der Waals surface area contributed by atoms with Gasteiger partial charge in [-0.15, -0.1) is 0 Å². The van der Waals surface area contributed by atoms with Crippen LogP contribution >= 0.6 is 11.6 Å². The number of halogens is 1.